The quantitative estimate of drug-likeness (QED) is 0.558. The van der Waals surface area contributed by atoms with E-state index in [1.165, 1.54) is 5.56 Å². The summed E-state index contributed by atoms with van der Waals surface area (Å²) >= 11 is 11.7. The fraction of sp³-hybridized carbons (Fsp3) is 0.200. The predicted molar refractivity (Wildman–Crippen MR) is 85.8 cm³/mol. The van der Waals surface area contributed by atoms with Gasteiger partial charge in [0.2, 0.25) is 0 Å². The molecule has 0 amide bonds. The smallest absolute Gasteiger partial charge is 0.159 e. The highest BCUT2D eigenvalue weighted by Crippen LogP contribution is 2.13. The second kappa shape index (κ2) is 6.43. The van der Waals surface area contributed by atoms with Crippen molar-refractivity contribution in [2.75, 3.05) is 6.54 Å². The number of imidazole rings is 1. The molecule has 0 saturated carbocycles. The zero-order valence-electron chi connectivity index (χ0n) is 11.2. The van der Waals surface area contributed by atoms with Gasteiger partial charge in [-0.25, -0.2) is 9.97 Å². The van der Waals surface area contributed by atoms with Crippen molar-refractivity contribution in [3.8, 4) is 0 Å². The molecule has 0 radical (unpaired) electrons. The Kier molecular flexibility index (Phi) is 4.39. The van der Waals surface area contributed by atoms with Crippen molar-refractivity contribution >= 4 is 34.4 Å². The van der Waals surface area contributed by atoms with Gasteiger partial charge in [-0.1, -0.05) is 35.3 Å². The van der Waals surface area contributed by atoms with E-state index in [1.807, 2.05) is 30.3 Å². The highest BCUT2D eigenvalue weighted by Gasteiger charge is 2.04. The molecule has 2 N–H and O–H groups in total. The molecule has 0 fully saturated rings. The van der Waals surface area contributed by atoms with Crippen molar-refractivity contribution in [2.24, 2.45) is 0 Å². The van der Waals surface area contributed by atoms with Crippen LogP contribution in [0.15, 0.2) is 36.4 Å². The Balaban J connectivity index is 1.53. The summed E-state index contributed by atoms with van der Waals surface area (Å²) in [5.74, 6) is 0.857. The molecule has 0 unspecified atom stereocenters. The van der Waals surface area contributed by atoms with Crippen LogP contribution in [0.3, 0.4) is 0 Å². The van der Waals surface area contributed by atoms with Crippen LogP contribution in [0.25, 0.3) is 11.2 Å². The molecule has 3 rings (SSSR count). The molecule has 6 heteroatoms. The number of fused-ring (bicyclic) bond motifs is 1. The van der Waals surface area contributed by atoms with E-state index in [9.17, 15) is 0 Å². The second-order valence-corrected chi connectivity index (χ2v) is 5.56. The Morgan fingerprint density at radius 2 is 1.81 bits per heavy atom. The van der Waals surface area contributed by atoms with Gasteiger partial charge in [0, 0.05) is 5.02 Å². The Hall–Kier alpha value is -1.62. The summed E-state index contributed by atoms with van der Waals surface area (Å²) in [7, 11) is 0. The normalized spacial score (nSPS) is 11.1. The van der Waals surface area contributed by atoms with Crippen LogP contribution >= 0.6 is 23.2 Å². The molecule has 0 aliphatic heterocycles. The Labute approximate surface area is 132 Å². The number of nitrogens with one attached hydrogen (secondary N) is 2. The molecular formula is C15H14Cl2N4. The molecule has 1 aromatic carbocycles. The lowest BCUT2D eigenvalue weighted by atomic mass is 10.1. The van der Waals surface area contributed by atoms with Gasteiger partial charge in [-0.2, -0.15) is 0 Å². The minimum absolute atomic E-state index is 0.466. The van der Waals surface area contributed by atoms with E-state index in [2.05, 4.69) is 20.3 Å². The van der Waals surface area contributed by atoms with Gasteiger partial charge in [0.05, 0.1) is 6.54 Å². The summed E-state index contributed by atoms with van der Waals surface area (Å²) < 4.78 is 0. The lowest BCUT2D eigenvalue weighted by Gasteiger charge is -2.03. The molecule has 4 nitrogen and oxygen atoms in total. The zero-order valence-corrected chi connectivity index (χ0v) is 12.7. The number of H-pyrrole nitrogens is 1. The molecule has 0 saturated heterocycles. The lowest BCUT2D eigenvalue weighted by molar-refractivity contribution is 0.666. The van der Waals surface area contributed by atoms with Gasteiger partial charge >= 0.3 is 0 Å². The van der Waals surface area contributed by atoms with Crippen LogP contribution in [0.4, 0.5) is 0 Å². The first-order valence-corrected chi connectivity index (χ1v) is 7.42. The Bertz CT molecular complexity index is 737. The third-order valence-corrected chi connectivity index (χ3v) is 3.62. The Morgan fingerprint density at radius 3 is 2.62 bits per heavy atom. The summed E-state index contributed by atoms with van der Waals surface area (Å²) in [5.41, 5.74) is 2.80. The maximum Gasteiger partial charge on any atom is 0.159 e. The van der Waals surface area contributed by atoms with E-state index in [0.717, 1.165) is 35.0 Å². The van der Waals surface area contributed by atoms with Gasteiger partial charge < -0.3 is 10.3 Å². The summed E-state index contributed by atoms with van der Waals surface area (Å²) in [5, 5.41) is 4.58. The van der Waals surface area contributed by atoms with Crippen molar-refractivity contribution in [1.29, 1.82) is 0 Å². The summed E-state index contributed by atoms with van der Waals surface area (Å²) in [4.78, 5) is 11.8. The molecule has 0 aliphatic carbocycles. The fourth-order valence-corrected chi connectivity index (χ4v) is 2.37. The van der Waals surface area contributed by atoms with Crippen LogP contribution < -0.4 is 5.32 Å². The van der Waals surface area contributed by atoms with E-state index in [0.29, 0.717) is 11.7 Å². The molecule has 108 valence electrons. The summed E-state index contributed by atoms with van der Waals surface area (Å²) in [6.07, 6.45) is 0.946. The second-order valence-electron chi connectivity index (χ2n) is 4.74. The average molecular weight is 321 g/mol. The summed E-state index contributed by atoms with van der Waals surface area (Å²) in [6, 6.07) is 11.5. The molecule has 0 spiro atoms. The van der Waals surface area contributed by atoms with Gasteiger partial charge in [0.1, 0.15) is 16.5 Å². The van der Waals surface area contributed by atoms with Crippen LogP contribution in [0.1, 0.15) is 11.4 Å². The first-order valence-electron chi connectivity index (χ1n) is 6.67. The SMILES string of the molecule is Clc1ccc(CCNCc2nc3ccc(Cl)nc3[nH]2)cc1. The monoisotopic (exact) mass is 320 g/mol. The van der Waals surface area contributed by atoms with E-state index >= 15 is 0 Å². The van der Waals surface area contributed by atoms with Crippen LogP contribution in [0.2, 0.25) is 10.2 Å². The van der Waals surface area contributed by atoms with E-state index in [4.69, 9.17) is 23.2 Å². The number of nitrogens with zero attached hydrogens (tertiary/aromatic N) is 2. The molecule has 0 bridgehead atoms. The number of hydrogen-bond donors (Lipinski definition) is 2. The van der Waals surface area contributed by atoms with Crippen LogP contribution in [-0.4, -0.2) is 21.5 Å². The molecule has 2 heterocycles. The number of halogens is 2. The molecular weight excluding hydrogens is 307 g/mol. The number of rotatable bonds is 5. The molecule has 0 aliphatic rings. The van der Waals surface area contributed by atoms with E-state index in [1.54, 1.807) is 6.07 Å². The average Bonchev–Trinajstić information content (AvgIpc) is 2.87. The largest absolute Gasteiger partial charge is 0.326 e. The van der Waals surface area contributed by atoms with Crippen LogP contribution in [0.5, 0.6) is 0 Å². The maximum atomic E-state index is 5.86. The van der Waals surface area contributed by atoms with Crippen molar-refractivity contribution < 1.29 is 0 Å². The van der Waals surface area contributed by atoms with Crippen molar-refractivity contribution in [3.05, 3.63) is 58.0 Å². The Morgan fingerprint density at radius 1 is 1.00 bits per heavy atom. The third kappa shape index (κ3) is 3.73. The summed E-state index contributed by atoms with van der Waals surface area (Å²) in [6.45, 7) is 1.54. The van der Waals surface area contributed by atoms with Gasteiger partial charge in [-0.05, 0) is 42.8 Å². The van der Waals surface area contributed by atoms with E-state index in [-0.39, 0.29) is 0 Å². The highest BCUT2D eigenvalue weighted by atomic mass is 35.5. The first-order chi connectivity index (χ1) is 10.2. The van der Waals surface area contributed by atoms with Gasteiger partial charge in [0.15, 0.2) is 5.65 Å². The number of hydrogen-bond acceptors (Lipinski definition) is 3. The molecule has 2 aromatic heterocycles. The van der Waals surface area contributed by atoms with Crippen molar-refractivity contribution in [1.82, 2.24) is 20.3 Å². The van der Waals surface area contributed by atoms with Crippen LogP contribution in [0, 0.1) is 0 Å². The minimum atomic E-state index is 0.466. The molecule has 0 atom stereocenters. The molecule has 3 aromatic rings. The molecule has 21 heavy (non-hydrogen) atoms. The van der Waals surface area contributed by atoms with Crippen molar-refractivity contribution in [2.45, 2.75) is 13.0 Å². The van der Waals surface area contributed by atoms with Crippen LogP contribution in [-0.2, 0) is 13.0 Å². The third-order valence-electron chi connectivity index (χ3n) is 3.15. The number of aromatic nitrogens is 3. The highest BCUT2D eigenvalue weighted by molar-refractivity contribution is 6.30. The number of aromatic amines is 1. The first kappa shape index (κ1) is 14.3. The maximum absolute atomic E-state index is 5.86. The van der Waals surface area contributed by atoms with Crippen molar-refractivity contribution in [3.63, 3.8) is 0 Å². The number of benzene rings is 1. The standard InChI is InChI=1S/C15H14Cl2N4/c16-11-3-1-10(2-4-11)7-8-18-9-14-19-12-5-6-13(17)20-15(12)21-14/h1-6,18H,7-9H2,(H,19,20,21). The lowest BCUT2D eigenvalue weighted by Crippen LogP contribution is -2.17. The predicted octanol–water partition coefficient (Wildman–Crippen LogP) is 3.60. The van der Waals surface area contributed by atoms with Gasteiger partial charge in [0.25, 0.3) is 0 Å². The zero-order chi connectivity index (χ0) is 14.7. The van der Waals surface area contributed by atoms with Gasteiger partial charge in [-0.15, -0.1) is 0 Å². The topological polar surface area (TPSA) is 53.6 Å². The number of pyridine rings is 1. The minimum Gasteiger partial charge on any atom is -0.326 e. The van der Waals surface area contributed by atoms with Gasteiger partial charge in [-0.3, -0.25) is 0 Å². The van der Waals surface area contributed by atoms with E-state index < -0.39 is 0 Å². The fourth-order valence-electron chi connectivity index (χ4n) is 2.09.